The summed E-state index contributed by atoms with van der Waals surface area (Å²) in [6, 6.07) is 14.2. The average molecular weight is 321 g/mol. The van der Waals surface area contributed by atoms with Gasteiger partial charge in [0.25, 0.3) is 0 Å². The summed E-state index contributed by atoms with van der Waals surface area (Å²) in [5.41, 5.74) is 2.60. The van der Waals surface area contributed by atoms with E-state index in [4.69, 9.17) is 4.42 Å². The van der Waals surface area contributed by atoms with Crippen LogP contribution in [0.4, 0.5) is 5.88 Å². The zero-order chi connectivity index (χ0) is 16.1. The topological polar surface area (TPSA) is 61.9 Å². The van der Waals surface area contributed by atoms with Crippen LogP contribution < -0.4 is 5.32 Å². The summed E-state index contributed by atoms with van der Waals surface area (Å²) in [7, 11) is 0. The number of rotatable bonds is 5. The van der Waals surface area contributed by atoms with Crippen molar-refractivity contribution in [1.82, 2.24) is 4.98 Å². The van der Waals surface area contributed by atoms with Gasteiger partial charge in [-0.2, -0.15) is 10.2 Å². The van der Waals surface area contributed by atoms with Gasteiger partial charge in [0, 0.05) is 17.5 Å². The Bertz CT molecular complexity index is 840. The normalized spacial score (nSPS) is 10.8. The highest BCUT2D eigenvalue weighted by atomic mass is 32.1. The molecule has 0 bridgehead atoms. The fraction of sp³-hybridized carbons (Fsp3) is 0.111. The quantitative estimate of drug-likeness (QED) is 0.740. The molecule has 0 saturated heterocycles. The molecule has 0 spiro atoms. The Labute approximate surface area is 138 Å². The van der Waals surface area contributed by atoms with E-state index in [2.05, 4.69) is 28.5 Å². The average Bonchev–Trinajstić information content (AvgIpc) is 3.21. The minimum atomic E-state index is 0.267. The van der Waals surface area contributed by atoms with Crippen molar-refractivity contribution in [2.75, 3.05) is 5.32 Å². The van der Waals surface area contributed by atoms with Gasteiger partial charge in [-0.05, 0) is 30.0 Å². The summed E-state index contributed by atoms with van der Waals surface area (Å²) in [5, 5.41) is 14.3. The van der Waals surface area contributed by atoms with Crippen molar-refractivity contribution >= 4 is 29.4 Å². The van der Waals surface area contributed by atoms with E-state index in [-0.39, 0.29) is 5.69 Å². The highest BCUT2D eigenvalue weighted by Crippen LogP contribution is 2.20. The third kappa shape index (κ3) is 3.87. The van der Waals surface area contributed by atoms with Crippen LogP contribution in [0.1, 0.15) is 27.6 Å². The lowest BCUT2D eigenvalue weighted by atomic mass is 10.1. The molecule has 0 unspecified atom stereocenters. The maximum absolute atomic E-state index is 9.18. The number of hydrogen-bond acceptors (Lipinski definition) is 5. The molecule has 5 heteroatoms. The summed E-state index contributed by atoms with van der Waals surface area (Å²) in [4.78, 5) is 5.29. The standard InChI is InChI=1S/C18H15N3OS/c1-13-4-6-14(7-5-13)12-20-18-16(11-19)21-17(22-18)9-8-15-3-2-10-23-15/h2-10,20H,12H2,1H3/b9-8+. The van der Waals surface area contributed by atoms with Crippen LogP contribution in [0.15, 0.2) is 46.2 Å². The first-order valence-corrected chi connectivity index (χ1v) is 8.04. The molecule has 3 aromatic rings. The SMILES string of the molecule is Cc1ccc(CNc2oc(/C=C/c3cccs3)nc2C#N)cc1. The predicted molar refractivity (Wildman–Crippen MR) is 93.0 cm³/mol. The van der Waals surface area contributed by atoms with Crippen LogP contribution in [0.3, 0.4) is 0 Å². The smallest absolute Gasteiger partial charge is 0.232 e. The minimum absolute atomic E-state index is 0.267. The minimum Gasteiger partial charge on any atom is -0.420 e. The fourth-order valence-electron chi connectivity index (χ4n) is 2.03. The van der Waals surface area contributed by atoms with Gasteiger partial charge in [-0.3, -0.25) is 0 Å². The van der Waals surface area contributed by atoms with E-state index in [1.54, 1.807) is 17.4 Å². The van der Waals surface area contributed by atoms with E-state index in [0.29, 0.717) is 18.3 Å². The molecule has 0 aliphatic carbocycles. The van der Waals surface area contributed by atoms with Crippen LogP contribution in [0.25, 0.3) is 12.2 Å². The molecule has 3 rings (SSSR count). The van der Waals surface area contributed by atoms with E-state index in [1.165, 1.54) is 5.56 Å². The van der Waals surface area contributed by atoms with Gasteiger partial charge >= 0.3 is 0 Å². The second-order valence-corrected chi connectivity index (χ2v) is 6.01. The Morgan fingerprint density at radius 3 is 2.78 bits per heavy atom. The number of thiophene rings is 1. The molecule has 2 heterocycles. The van der Waals surface area contributed by atoms with Crippen molar-refractivity contribution in [2.45, 2.75) is 13.5 Å². The number of aromatic nitrogens is 1. The number of nitrogens with zero attached hydrogens (tertiary/aromatic N) is 2. The second kappa shape index (κ2) is 6.95. The molecule has 4 nitrogen and oxygen atoms in total. The van der Waals surface area contributed by atoms with Crippen LogP contribution in [0.2, 0.25) is 0 Å². The predicted octanol–water partition coefficient (Wildman–Crippen LogP) is 4.70. The first kappa shape index (κ1) is 15.1. The molecule has 114 valence electrons. The lowest BCUT2D eigenvalue weighted by molar-refractivity contribution is 0.557. The van der Waals surface area contributed by atoms with Crippen LogP contribution in [-0.4, -0.2) is 4.98 Å². The maximum Gasteiger partial charge on any atom is 0.232 e. The van der Waals surface area contributed by atoms with Crippen LogP contribution in [-0.2, 0) is 6.54 Å². The number of nitrogens with one attached hydrogen (secondary N) is 1. The summed E-state index contributed by atoms with van der Waals surface area (Å²) >= 11 is 1.63. The highest BCUT2D eigenvalue weighted by Gasteiger charge is 2.11. The molecule has 0 radical (unpaired) electrons. The first-order valence-electron chi connectivity index (χ1n) is 7.16. The molecule has 1 aromatic carbocycles. The van der Waals surface area contributed by atoms with Gasteiger partial charge in [-0.15, -0.1) is 11.3 Å². The Balaban J connectivity index is 1.71. The molecular weight excluding hydrogens is 306 g/mol. The van der Waals surface area contributed by atoms with Crippen molar-refractivity contribution in [2.24, 2.45) is 0 Å². The third-order valence-electron chi connectivity index (χ3n) is 3.26. The molecule has 23 heavy (non-hydrogen) atoms. The number of anilines is 1. The molecular formula is C18H15N3OS. The van der Waals surface area contributed by atoms with Gasteiger partial charge in [-0.1, -0.05) is 35.9 Å². The number of oxazole rings is 1. The summed E-state index contributed by atoms with van der Waals surface area (Å²) in [6.45, 7) is 2.63. The Morgan fingerprint density at radius 1 is 1.26 bits per heavy atom. The van der Waals surface area contributed by atoms with Crippen LogP contribution in [0, 0.1) is 18.3 Å². The number of hydrogen-bond donors (Lipinski definition) is 1. The molecule has 2 aromatic heterocycles. The van der Waals surface area contributed by atoms with Crippen molar-refractivity contribution in [1.29, 1.82) is 5.26 Å². The van der Waals surface area contributed by atoms with Crippen LogP contribution >= 0.6 is 11.3 Å². The van der Waals surface area contributed by atoms with E-state index in [9.17, 15) is 5.26 Å². The maximum atomic E-state index is 9.18. The first-order chi connectivity index (χ1) is 11.2. The van der Waals surface area contributed by atoms with E-state index in [0.717, 1.165) is 10.4 Å². The van der Waals surface area contributed by atoms with Crippen LogP contribution in [0.5, 0.6) is 0 Å². The second-order valence-electron chi connectivity index (χ2n) is 5.03. The fourth-order valence-corrected chi connectivity index (χ4v) is 2.65. The van der Waals surface area contributed by atoms with Crippen molar-refractivity contribution < 1.29 is 4.42 Å². The zero-order valence-corrected chi connectivity index (χ0v) is 13.4. The molecule has 0 aliphatic heterocycles. The van der Waals surface area contributed by atoms with Gasteiger partial charge < -0.3 is 9.73 Å². The van der Waals surface area contributed by atoms with Crippen molar-refractivity contribution in [3.05, 3.63) is 69.4 Å². The molecule has 0 fully saturated rings. The summed E-state index contributed by atoms with van der Waals surface area (Å²) < 4.78 is 5.62. The van der Waals surface area contributed by atoms with E-state index < -0.39 is 0 Å². The zero-order valence-electron chi connectivity index (χ0n) is 12.6. The van der Waals surface area contributed by atoms with Crippen molar-refractivity contribution in [3.8, 4) is 6.07 Å². The number of benzene rings is 1. The molecule has 1 N–H and O–H groups in total. The van der Waals surface area contributed by atoms with E-state index in [1.807, 2.05) is 42.6 Å². The van der Waals surface area contributed by atoms with E-state index >= 15 is 0 Å². The van der Waals surface area contributed by atoms with Gasteiger partial charge in [-0.25, -0.2) is 0 Å². The van der Waals surface area contributed by atoms with Gasteiger partial charge in [0.15, 0.2) is 0 Å². The lowest BCUT2D eigenvalue weighted by Crippen LogP contribution is -1.99. The third-order valence-corrected chi connectivity index (χ3v) is 4.09. The lowest BCUT2D eigenvalue weighted by Gasteiger charge is -2.03. The summed E-state index contributed by atoms with van der Waals surface area (Å²) in [6.07, 6.45) is 3.69. The number of nitriles is 1. The Morgan fingerprint density at radius 2 is 2.09 bits per heavy atom. The molecule has 0 amide bonds. The highest BCUT2D eigenvalue weighted by molar-refractivity contribution is 7.10. The largest absolute Gasteiger partial charge is 0.420 e. The van der Waals surface area contributed by atoms with Crippen molar-refractivity contribution in [3.63, 3.8) is 0 Å². The van der Waals surface area contributed by atoms with Gasteiger partial charge in [0.05, 0.1) is 0 Å². The number of aryl methyl sites for hydroxylation is 1. The monoisotopic (exact) mass is 321 g/mol. The Hall–Kier alpha value is -2.84. The molecule has 0 aliphatic rings. The molecule has 0 saturated carbocycles. The summed E-state index contributed by atoms with van der Waals surface area (Å²) in [5.74, 6) is 0.820. The molecule has 0 atom stereocenters. The van der Waals surface area contributed by atoms with Gasteiger partial charge in [0.1, 0.15) is 6.07 Å². The van der Waals surface area contributed by atoms with Gasteiger partial charge in [0.2, 0.25) is 17.5 Å². The Kier molecular flexibility index (Phi) is 4.55.